The van der Waals surface area contributed by atoms with Crippen molar-refractivity contribution in [3.05, 3.63) is 63.6 Å². The van der Waals surface area contributed by atoms with E-state index in [1.54, 1.807) is 30.3 Å². The summed E-state index contributed by atoms with van der Waals surface area (Å²) in [4.78, 5) is 0.0968. The normalized spacial score (nSPS) is 22.9. The molecule has 0 amide bonds. The summed E-state index contributed by atoms with van der Waals surface area (Å²) in [6.45, 7) is 1.87. The smallest absolute Gasteiger partial charge is 0.297 e. The van der Waals surface area contributed by atoms with E-state index in [-0.39, 0.29) is 18.1 Å². The van der Waals surface area contributed by atoms with Crippen molar-refractivity contribution in [3.63, 3.8) is 0 Å². The maximum absolute atomic E-state index is 12.3. The van der Waals surface area contributed by atoms with E-state index < -0.39 is 22.0 Å². The predicted molar refractivity (Wildman–Crippen MR) is 107 cm³/mol. The third-order valence-corrected chi connectivity index (χ3v) is 6.68. The van der Waals surface area contributed by atoms with Crippen LogP contribution in [0.1, 0.15) is 11.1 Å². The molecule has 2 atom stereocenters. The minimum atomic E-state index is -3.88. The van der Waals surface area contributed by atoms with Crippen molar-refractivity contribution in [2.24, 2.45) is 0 Å². The van der Waals surface area contributed by atoms with Crippen LogP contribution in [0.2, 0.25) is 10.0 Å². The monoisotopic (exact) mass is 494 g/mol. The van der Waals surface area contributed by atoms with Gasteiger partial charge in [-0.15, -0.1) is 0 Å². The molecule has 1 fully saturated rings. The first-order chi connectivity index (χ1) is 12.8. The number of benzene rings is 2. The topological polar surface area (TPSA) is 61.8 Å². The molecule has 0 radical (unpaired) electrons. The van der Waals surface area contributed by atoms with Crippen LogP contribution in [0.3, 0.4) is 0 Å². The van der Waals surface area contributed by atoms with Crippen LogP contribution in [-0.4, -0.2) is 33.1 Å². The molecule has 2 aromatic carbocycles. The van der Waals surface area contributed by atoms with Gasteiger partial charge < -0.3 is 9.47 Å². The van der Waals surface area contributed by atoms with Gasteiger partial charge >= 0.3 is 0 Å². The molecule has 0 saturated carbocycles. The fourth-order valence-electron chi connectivity index (χ4n) is 2.67. The molecular weight excluding hydrogens is 479 g/mol. The molecule has 1 aliphatic rings. The molecule has 1 heterocycles. The number of rotatable bonds is 6. The molecule has 0 unspecified atom stereocenters. The maximum Gasteiger partial charge on any atom is 0.297 e. The number of hydrogen-bond donors (Lipinski definition) is 0. The molecule has 9 heteroatoms. The number of halogens is 3. The Morgan fingerprint density at radius 1 is 1.22 bits per heavy atom. The molecule has 0 bridgehead atoms. The van der Waals surface area contributed by atoms with Gasteiger partial charge in [0.15, 0.2) is 0 Å². The summed E-state index contributed by atoms with van der Waals surface area (Å²) in [5.41, 5.74) is 1.57. The summed E-state index contributed by atoms with van der Waals surface area (Å²) < 4.78 is 41.6. The summed E-state index contributed by atoms with van der Waals surface area (Å²) in [7, 11) is -3.88. The molecular formula is C18H17BrCl2O5S. The van der Waals surface area contributed by atoms with E-state index in [1.165, 1.54) is 12.1 Å². The van der Waals surface area contributed by atoms with Gasteiger partial charge in [0.2, 0.25) is 5.79 Å². The van der Waals surface area contributed by atoms with Crippen LogP contribution in [0.4, 0.5) is 0 Å². The molecule has 1 aliphatic heterocycles. The molecule has 27 heavy (non-hydrogen) atoms. The number of aryl methyl sites for hydroxylation is 1. The van der Waals surface area contributed by atoms with Crippen LogP contribution >= 0.6 is 39.1 Å². The van der Waals surface area contributed by atoms with Crippen molar-refractivity contribution in [3.8, 4) is 0 Å². The van der Waals surface area contributed by atoms with Gasteiger partial charge in [0.25, 0.3) is 10.1 Å². The molecule has 0 spiro atoms. The maximum atomic E-state index is 12.3. The van der Waals surface area contributed by atoms with Gasteiger partial charge in [0.1, 0.15) is 6.10 Å². The van der Waals surface area contributed by atoms with Gasteiger partial charge in [-0.05, 0) is 31.2 Å². The number of ether oxygens (including phenoxy) is 2. The lowest BCUT2D eigenvalue weighted by Gasteiger charge is -2.27. The zero-order valence-electron chi connectivity index (χ0n) is 14.3. The van der Waals surface area contributed by atoms with Gasteiger partial charge in [-0.1, -0.05) is 62.9 Å². The van der Waals surface area contributed by atoms with Crippen LogP contribution in [-0.2, 0) is 29.6 Å². The molecule has 146 valence electrons. The van der Waals surface area contributed by atoms with Crippen molar-refractivity contribution in [1.29, 1.82) is 0 Å². The molecule has 0 aliphatic carbocycles. The zero-order chi connectivity index (χ0) is 19.7. The Balaban J connectivity index is 1.70. The van der Waals surface area contributed by atoms with E-state index in [9.17, 15) is 8.42 Å². The first kappa shape index (κ1) is 21.0. The highest BCUT2D eigenvalue weighted by Crippen LogP contribution is 2.40. The largest absolute Gasteiger partial charge is 0.342 e. The molecule has 0 N–H and O–H groups in total. The van der Waals surface area contributed by atoms with E-state index in [1.807, 2.05) is 6.92 Å². The summed E-state index contributed by atoms with van der Waals surface area (Å²) in [6.07, 6.45) is -0.575. The van der Waals surface area contributed by atoms with Crippen LogP contribution in [0.5, 0.6) is 0 Å². The average molecular weight is 496 g/mol. The van der Waals surface area contributed by atoms with Crippen LogP contribution < -0.4 is 0 Å². The Morgan fingerprint density at radius 2 is 1.93 bits per heavy atom. The lowest BCUT2D eigenvalue weighted by Crippen LogP contribution is -2.31. The van der Waals surface area contributed by atoms with Gasteiger partial charge in [-0.25, -0.2) is 0 Å². The summed E-state index contributed by atoms with van der Waals surface area (Å²) in [5.74, 6) is -1.14. The van der Waals surface area contributed by atoms with Crippen molar-refractivity contribution in [1.82, 2.24) is 0 Å². The van der Waals surface area contributed by atoms with Gasteiger partial charge in [-0.2, -0.15) is 8.42 Å². The van der Waals surface area contributed by atoms with Crippen LogP contribution in [0, 0.1) is 6.92 Å². The van der Waals surface area contributed by atoms with Gasteiger partial charge in [-0.3, -0.25) is 4.18 Å². The standard InChI is InChI=1S/C18H17BrCl2O5S/c1-12-2-5-15(6-3-12)27(22,23)25-10-14-9-24-18(11-19,26-14)16-7-4-13(20)8-17(16)21/h2-8,14H,9-11H2,1H3/t14-,18-/m0/s1. The van der Waals surface area contributed by atoms with E-state index in [4.69, 9.17) is 36.9 Å². The van der Waals surface area contributed by atoms with Crippen LogP contribution in [0.15, 0.2) is 47.4 Å². The van der Waals surface area contributed by atoms with Crippen LogP contribution in [0.25, 0.3) is 0 Å². The average Bonchev–Trinajstić information content (AvgIpc) is 3.05. The van der Waals surface area contributed by atoms with E-state index >= 15 is 0 Å². The SMILES string of the molecule is Cc1ccc(S(=O)(=O)OC[C@@H]2CO[C@](CBr)(c3ccc(Cl)cc3Cl)O2)cc1. The highest BCUT2D eigenvalue weighted by atomic mass is 79.9. The molecule has 2 aromatic rings. The minimum Gasteiger partial charge on any atom is -0.342 e. The molecule has 3 rings (SSSR count). The highest BCUT2D eigenvalue weighted by molar-refractivity contribution is 9.09. The van der Waals surface area contributed by atoms with Crippen molar-refractivity contribution in [2.45, 2.75) is 23.7 Å². The lowest BCUT2D eigenvalue weighted by molar-refractivity contribution is -0.159. The first-order valence-corrected chi connectivity index (χ1v) is 11.3. The van der Waals surface area contributed by atoms with Crippen molar-refractivity contribution < 1.29 is 22.1 Å². The third kappa shape index (κ3) is 4.67. The van der Waals surface area contributed by atoms with Crippen molar-refractivity contribution in [2.75, 3.05) is 18.5 Å². The quantitative estimate of drug-likeness (QED) is 0.430. The number of alkyl halides is 1. The van der Waals surface area contributed by atoms with E-state index in [0.29, 0.717) is 20.9 Å². The van der Waals surface area contributed by atoms with E-state index in [2.05, 4.69) is 15.9 Å². The Hall–Kier alpha value is -0.670. The Kier molecular flexibility index (Phi) is 6.52. The highest BCUT2D eigenvalue weighted by Gasteiger charge is 2.44. The zero-order valence-corrected chi connectivity index (χ0v) is 18.2. The Labute approximate surface area is 176 Å². The molecule has 5 nitrogen and oxygen atoms in total. The van der Waals surface area contributed by atoms with E-state index in [0.717, 1.165) is 5.56 Å². The van der Waals surface area contributed by atoms with Gasteiger partial charge in [0, 0.05) is 10.6 Å². The summed E-state index contributed by atoms with van der Waals surface area (Å²) in [6, 6.07) is 11.4. The second kappa shape index (κ2) is 8.37. The molecule has 1 saturated heterocycles. The lowest BCUT2D eigenvalue weighted by atomic mass is 10.1. The predicted octanol–water partition coefficient (Wildman–Crippen LogP) is 4.67. The third-order valence-electron chi connectivity index (χ3n) is 4.10. The Bertz CT molecular complexity index is 920. The fourth-order valence-corrected chi connectivity index (χ4v) is 4.75. The first-order valence-electron chi connectivity index (χ1n) is 8.05. The second-order valence-electron chi connectivity index (χ2n) is 6.11. The summed E-state index contributed by atoms with van der Waals surface area (Å²) in [5, 5.41) is 1.20. The Morgan fingerprint density at radius 3 is 2.56 bits per heavy atom. The minimum absolute atomic E-state index is 0.0968. The fraction of sp³-hybridized carbons (Fsp3) is 0.333. The summed E-state index contributed by atoms with van der Waals surface area (Å²) >= 11 is 15.6. The second-order valence-corrected chi connectivity index (χ2v) is 9.13. The van der Waals surface area contributed by atoms with Gasteiger partial charge in [0.05, 0.1) is 28.5 Å². The number of hydrogen-bond acceptors (Lipinski definition) is 5. The van der Waals surface area contributed by atoms with Crippen molar-refractivity contribution >= 4 is 49.2 Å². The molecule has 0 aromatic heterocycles.